The molecule has 0 aliphatic carbocycles. The summed E-state index contributed by atoms with van der Waals surface area (Å²) in [6, 6.07) is 0. The van der Waals surface area contributed by atoms with E-state index in [1.165, 1.54) is 0 Å². The highest BCUT2D eigenvalue weighted by Crippen LogP contribution is 1.99. The van der Waals surface area contributed by atoms with E-state index in [2.05, 4.69) is 0 Å². The van der Waals surface area contributed by atoms with Gasteiger partial charge in [0.05, 0.1) is 12.6 Å². The van der Waals surface area contributed by atoms with Gasteiger partial charge in [-0.15, -0.1) is 0 Å². The second-order valence-corrected chi connectivity index (χ2v) is 3.87. The molecule has 0 radical (unpaired) electrons. The van der Waals surface area contributed by atoms with Crippen molar-refractivity contribution in [1.29, 1.82) is 0 Å². The van der Waals surface area contributed by atoms with Crippen molar-refractivity contribution < 1.29 is 5.11 Å². The highest BCUT2D eigenvalue weighted by molar-refractivity contribution is 4.82. The Bertz CT molecular complexity index is 341. The molecule has 1 N–H and O–H groups in total. The van der Waals surface area contributed by atoms with Crippen LogP contribution in [0.15, 0.2) is 17.2 Å². The lowest BCUT2D eigenvalue weighted by Gasteiger charge is -2.08. The predicted octanol–water partition coefficient (Wildman–Crippen LogP) is 1.22. The summed E-state index contributed by atoms with van der Waals surface area (Å²) in [4.78, 5) is 11.7. The SMILES string of the molecule is CCCC(O)Cn1ccn(CCC)c1=O. The average molecular weight is 212 g/mol. The van der Waals surface area contributed by atoms with Crippen LogP contribution >= 0.6 is 0 Å². The van der Waals surface area contributed by atoms with E-state index < -0.39 is 6.10 Å². The molecular formula is C11H20N2O2. The minimum absolute atomic E-state index is 0.0213. The number of aromatic nitrogens is 2. The number of aryl methyl sites for hydroxylation is 1. The Morgan fingerprint density at radius 3 is 2.53 bits per heavy atom. The summed E-state index contributed by atoms with van der Waals surface area (Å²) in [6.07, 6.45) is 5.74. The van der Waals surface area contributed by atoms with Crippen molar-refractivity contribution in [3.8, 4) is 0 Å². The first-order chi connectivity index (χ1) is 7.19. The molecule has 0 amide bonds. The van der Waals surface area contributed by atoms with Crippen LogP contribution in [0.25, 0.3) is 0 Å². The maximum absolute atomic E-state index is 11.7. The molecule has 0 spiro atoms. The van der Waals surface area contributed by atoms with Crippen LogP contribution < -0.4 is 5.69 Å². The van der Waals surface area contributed by atoms with Crippen LogP contribution in [0.1, 0.15) is 33.1 Å². The lowest BCUT2D eigenvalue weighted by atomic mass is 10.2. The molecule has 4 nitrogen and oxygen atoms in total. The molecule has 0 bridgehead atoms. The second kappa shape index (κ2) is 5.75. The second-order valence-electron chi connectivity index (χ2n) is 3.87. The molecule has 0 saturated carbocycles. The van der Waals surface area contributed by atoms with Crippen molar-refractivity contribution in [2.45, 2.75) is 52.3 Å². The van der Waals surface area contributed by atoms with E-state index in [1.54, 1.807) is 21.5 Å². The summed E-state index contributed by atoms with van der Waals surface area (Å²) in [6.45, 7) is 5.21. The van der Waals surface area contributed by atoms with Crippen molar-refractivity contribution in [2.24, 2.45) is 0 Å². The van der Waals surface area contributed by atoms with Crippen molar-refractivity contribution in [2.75, 3.05) is 0 Å². The van der Waals surface area contributed by atoms with E-state index in [0.717, 1.165) is 25.8 Å². The minimum atomic E-state index is -0.412. The zero-order chi connectivity index (χ0) is 11.3. The molecular weight excluding hydrogens is 192 g/mol. The molecule has 0 fully saturated rings. The molecule has 0 aromatic carbocycles. The zero-order valence-corrected chi connectivity index (χ0v) is 9.52. The number of imidazole rings is 1. The van der Waals surface area contributed by atoms with E-state index in [4.69, 9.17) is 0 Å². The molecule has 0 saturated heterocycles. The molecule has 4 heteroatoms. The van der Waals surface area contributed by atoms with E-state index in [-0.39, 0.29) is 5.69 Å². The Hall–Kier alpha value is -1.03. The van der Waals surface area contributed by atoms with Gasteiger partial charge < -0.3 is 5.11 Å². The van der Waals surface area contributed by atoms with Crippen molar-refractivity contribution >= 4 is 0 Å². The molecule has 1 heterocycles. The van der Waals surface area contributed by atoms with Crippen molar-refractivity contribution in [1.82, 2.24) is 9.13 Å². The van der Waals surface area contributed by atoms with Gasteiger partial charge in [0, 0.05) is 18.9 Å². The Labute approximate surface area is 90.2 Å². The molecule has 15 heavy (non-hydrogen) atoms. The molecule has 0 aliphatic heterocycles. The van der Waals surface area contributed by atoms with Gasteiger partial charge >= 0.3 is 5.69 Å². The third-order valence-electron chi connectivity index (χ3n) is 2.41. The normalized spacial score (nSPS) is 13.0. The topological polar surface area (TPSA) is 47.2 Å². The maximum Gasteiger partial charge on any atom is 0.328 e. The number of hydrogen-bond acceptors (Lipinski definition) is 2. The number of hydrogen-bond donors (Lipinski definition) is 1. The van der Waals surface area contributed by atoms with E-state index in [0.29, 0.717) is 6.54 Å². The van der Waals surface area contributed by atoms with Crippen LogP contribution in [-0.4, -0.2) is 20.3 Å². The largest absolute Gasteiger partial charge is 0.391 e. The minimum Gasteiger partial charge on any atom is -0.391 e. The smallest absolute Gasteiger partial charge is 0.328 e. The molecule has 86 valence electrons. The first-order valence-electron chi connectivity index (χ1n) is 5.62. The summed E-state index contributed by atoms with van der Waals surface area (Å²) >= 11 is 0. The van der Waals surface area contributed by atoms with Gasteiger partial charge in [-0.1, -0.05) is 20.3 Å². The first kappa shape index (κ1) is 12.0. The fraction of sp³-hybridized carbons (Fsp3) is 0.727. The molecule has 1 aromatic heterocycles. The lowest BCUT2D eigenvalue weighted by molar-refractivity contribution is 0.142. The number of nitrogens with zero attached hydrogens (tertiary/aromatic N) is 2. The summed E-state index contributed by atoms with van der Waals surface area (Å²) in [5.74, 6) is 0. The lowest BCUT2D eigenvalue weighted by Crippen LogP contribution is -2.28. The van der Waals surface area contributed by atoms with Gasteiger partial charge in [0.25, 0.3) is 0 Å². The molecule has 1 rings (SSSR count). The maximum atomic E-state index is 11.7. The number of aliphatic hydroxyl groups excluding tert-OH is 1. The summed E-state index contributed by atoms with van der Waals surface area (Å²) in [7, 11) is 0. The van der Waals surface area contributed by atoms with Gasteiger partial charge in [-0.2, -0.15) is 0 Å². The van der Waals surface area contributed by atoms with Crippen LogP contribution in [0.3, 0.4) is 0 Å². The summed E-state index contributed by atoms with van der Waals surface area (Å²) in [5, 5.41) is 9.60. The number of aliphatic hydroxyl groups is 1. The van der Waals surface area contributed by atoms with Gasteiger partial charge in [0.1, 0.15) is 0 Å². The van der Waals surface area contributed by atoms with Crippen LogP contribution in [-0.2, 0) is 13.1 Å². The Balaban J connectivity index is 2.66. The van der Waals surface area contributed by atoms with Gasteiger partial charge in [-0.05, 0) is 12.8 Å². The van der Waals surface area contributed by atoms with Crippen LogP contribution in [0.2, 0.25) is 0 Å². The van der Waals surface area contributed by atoms with Crippen molar-refractivity contribution in [3.63, 3.8) is 0 Å². The molecule has 1 atom stereocenters. The van der Waals surface area contributed by atoms with Gasteiger partial charge in [-0.25, -0.2) is 4.79 Å². The molecule has 0 aliphatic rings. The monoisotopic (exact) mass is 212 g/mol. The van der Waals surface area contributed by atoms with E-state index in [9.17, 15) is 9.90 Å². The third kappa shape index (κ3) is 3.23. The third-order valence-corrected chi connectivity index (χ3v) is 2.41. The molecule has 1 unspecified atom stereocenters. The van der Waals surface area contributed by atoms with Crippen LogP contribution in [0, 0.1) is 0 Å². The quantitative estimate of drug-likeness (QED) is 0.770. The standard InChI is InChI=1S/C11H20N2O2/c1-3-5-10(14)9-13-8-7-12(6-4-2)11(13)15/h7-8,10,14H,3-6,9H2,1-2H3. The predicted molar refractivity (Wildman–Crippen MR) is 59.9 cm³/mol. The first-order valence-corrected chi connectivity index (χ1v) is 5.62. The van der Waals surface area contributed by atoms with Gasteiger partial charge in [0.2, 0.25) is 0 Å². The van der Waals surface area contributed by atoms with Crippen LogP contribution in [0.4, 0.5) is 0 Å². The van der Waals surface area contributed by atoms with E-state index in [1.807, 2.05) is 13.8 Å². The van der Waals surface area contributed by atoms with Gasteiger partial charge in [0.15, 0.2) is 0 Å². The fourth-order valence-electron chi connectivity index (χ4n) is 1.66. The van der Waals surface area contributed by atoms with E-state index >= 15 is 0 Å². The highest BCUT2D eigenvalue weighted by Gasteiger charge is 2.07. The van der Waals surface area contributed by atoms with Crippen molar-refractivity contribution in [3.05, 3.63) is 22.9 Å². The average Bonchev–Trinajstić information content (AvgIpc) is 2.51. The fourth-order valence-corrected chi connectivity index (χ4v) is 1.66. The summed E-state index contributed by atoms with van der Waals surface area (Å²) in [5.41, 5.74) is -0.0213. The molecule has 1 aromatic rings. The Morgan fingerprint density at radius 2 is 1.93 bits per heavy atom. The summed E-state index contributed by atoms with van der Waals surface area (Å²) < 4.78 is 3.26. The Morgan fingerprint density at radius 1 is 1.27 bits per heavy atom. The Kier molecular flexibility index (Phi) is 4.62. The highest BCUT2D eigenvalue weighted by atomic mass is 16.3. The zero-order valence-electron chi connectivity index (χ0n) is 9.52. The van der Waals surface area contributed by atoms with Crippen LogP contribution in [0.5, 0.6) is 0 Å². The van der Waals surface area contributed by atoms with Gasteiger partial charge in [-0.3, -0.25) is 9.13 Å². The number of rotatable bonds is 6.